The molecule has 1 heterocycles. The van der Waals surface area contributed by atoms with E-state index in [9.17, 15) is 4.79 Å². The molecule has 0 spiro atoms. The summed E-state index contributed by atoms with van der Waals surface area (Å²) in [4.78, 5) is 14.3. The van der Waals surface area contributed by atoms with Gasteiger partial charge in [0.25, 0.3) is 0 Å². The molecule has 1 aromatic carbocycles. The van der Waals surface area contributed by atoms with Crippen LogP contribution in [0.5, 0.6) is 0 Å². The first-order chi connectivity index (χ1) is 9.45. The van der Waals surface area contributed by atoms with Crippen molar-refractivity contribution >= 4 is 27.5 Å². The molecule has 1 aliphatic rings. The Labute approximate surface area is 128 Å². The first-order valence-corrected chi connectivity index (χ1v) is 7.80. The van der Waals surface area contributed by atoms with Gasteiger partial charge in [0, 0.05) is 23.1 Å². The quantitative estimate of drug-likeness (QED) is 0.889. The van der Waals surface area contributed by atoms with Crippen molar-refractivity contribution in [3.63, 3.8) is 0 Å². The van der Waals surface area contributed by atoms with Crippen molar-refractivity contribution in [3.05, 3.63) is 28.2 Å². The van der Waals surface area contributed by atoms with Gasteiger partial charge in [0.05, 0.1) is 12.2 Å². The van der Waals surface area contributed by atoms with E-state index >= 15 is 0 Å². The average molecular weight is 340 g/mol. The average Bonchev–Trinajstić information content (AvgIpc) is 2.36. The molecule has 0 saturated carbocycles. The van der Waals surface area contributed by atoms with Crippen LogP contribution in [0.3, 0.4) is 0 Å². The number of rotatable bonds is 3. The molecule has 0 radical (unpaired) electrons. The van der Waals surface area contributed by atoms with Gasteiger partial charge in [-0.2, -0.15) is 0 Å². The first kappa shape index (κ1) is 15.5. The van der Waals surface area contributed by atoms with Gasteiger partial charge in [0.2, 0.25) is 5.91 Å². The number of halogens is 1. The SMILES string of the molecule is Cc1ccc(NC(=O)CN2CCC(N)CC2C)c(Br)c1. The highest BCUT2D eigenvalue weighted by Gasteiger charge is 2.24. The maximum atomic E-state index is 12.1. The number of nitrogens with zero attached hydrogens (tertiary/aromatic N) is 1. The lowest BCUT2D eigenvalue weighted by molar-refractivity contribution is -0.118. The van der Waals surface area contributed by atoms with Crippen LogP contribution < -0.4 is 11.1 Å². The van der Waals surface area contributed by atoms with Crippen LogP contribution in [0.4, 0.5) is 5.69 Å². The fourth-order valence-corrected chi connectivity index (χ4v) is 3.18. The van der Waals surface area contributed by atoms with E-state index in [2.05, 4.69) is 33.1 Å². The maximum absolute atomic E-state index is 12.1. The van der Waals surface area contributed by atoms with Gasteiger partial charge >= 0.3 is 0 Å². The zero-order chi connectivity index (χ0) is 14.7. The standard InChI is InChI=1S/C15H22BrN3O/c1-10-3-4-14(13(16)7-10)18-15(20)9-19-6-5-12(17)8-11(19)2/h3-4,7,11-12H,5-6,8-9,17H2,1-2H3,(H,18,20). The van der Waals surface area contributed by atoms with Crippen molar-refractivity contribution in [1.82, 2.24) is 4.90 Å². The Bertz CT molecular complexity index is 492. The number of carbonyl (C=O) groups is 1. The van der Waals surface area contributed by atoms with Gasteiger partial charge < -0.3 is 11.1 Å². The number of nitrogens with two attached hydrogens (primary N) is 1. The summed E-state index contributed by atoms with van der Waals surface area (Å²) in [5, 5.41) is 2.96. The molecule has 4 nitrogen and oxygen atoms in total. The summed E-state index contributed by atoms with van der Waals surface area (Å²) >= 11 is 3.48. The van der Waals surface area contributed by atoms with Gasteiger partial charge in [-0.15, -0.1) is 0 Å². The number of aryl methyl sites for hydroxylation is 1. The smallest absolute Gasteiger partial charge is 0.238 e. The third-order valence-electron chi connectivity index (χ3n) is 3.80. The van der Waals surface area contributed by atoms with Crippen LogP contribution in [0.25, 0.3) is 0 Å². The summed E-state index contributed by atoms with van der Waals surface area (Å²) in [5.74, 6) is 0.0249. The number of amides is 1. The van der Waals surface area contributed by atoms with Crippen molar-refractivity contribution in [3.8, 4) is 0 Å². The van der Waals surface area contributed by atoms with Gasteiger partial charge in [-0.1, -0.05) is 6.07 Å². The Hall–Kier alpha value is -0.910. The molecule has 3 N–H and O–H groups in total. The van der Waals surface area contributed by atoms with E-state index in [1.165, 1.54) is 0 Å². The molecule has 2 unspecified atom stereocenters. The summed E-state index contributed by atoms with van der Waals surface area (Å²) in [6, 6.07) is 6.55. The van der Waals surface area contributed by atoms with Crippen LogP contribution in [-0.4, -0.2) is 36.0 Å². The summed E-state index contributed by atoms with van der Waals surface area (Å²) in [6.07, 6.45) is 1.92. The molecule has 5 heteroatoms. The summed E-state index contributed by atoms with van der Waals surface area (Å²) < 4.78 is 0.916. The minimum absolute atomic E-state index is 0.0249. The minimum atomic E-state index is 0.0249. The topological polar surface area (TPSA) is 58.4 Å². The highest BCUT2D eigenvalue weighted by Crippen LogP contribution is 2.23. The van der Waals surface area contributed by atoms with Gasteiger partial charge in [0.1, 0.15) is 0 Å². The van der Waals surface area contributed by atoms with Gasteiger partial charge in [0.15, 0.2) is 0 Å². The molecule has 1 aliphatic heterocycles. The number of piperidine rings is 1. The molecule has 0 aliphatic carbocycles. The summed E-state index contributed by atoms with van der Waals surface area (Å²) in [7, 11) is 0. The lowest BCUT2D eigenvalue weighted by atomic mass is 9.99. The highest BCUT2D eigenvalue weighted by molar-refractivity contribution is 9.10. The molecular weight excluding hydrogens is 318 g/mol. The van der Waals surface area contributed by atoms with Gasteiger partial charge in [-0.05, 0) is 60.3 Å². The molecular formula is C15H22BrN3O. The fourth-order valence-electron chi connectivity index (χ4n) is 2.59. The van der Waals surface area contributed by atoms with E-state index in [0.29, 0.717) is 12.6 Å². The van der Waals surface area contributed by atoms with E-state index < -0.39 is 0 Å². The van der Waals surface area contributed by atoms with E-state index in [4.69, 9.17) is 5.73 Å². The largest absolute Gasteiger partial charge is 0.328 e. The number of benzene rings is 1. The van der Waals surface area contributed by atoms with Crippen LogP contribution in [0.2, 0.25) is 0 Å². The Morgan fingerprint density at radius 3 is 2.95 bits per heavy atom. The van der Waals surface area contributed by atoms with Crippen LogP contribution >= 0.6 is 15.9 Å². The minimum Gasteiger partial charge on any atom is -0.328 e. The number of carbonyl (C=O) groups excluding carboxylic acids is 1. The first-order valence-electron chi connectivity index (χ1n) is 7.01. The Morgan fingerprint density at radius 2 is 2.30 bits per heavy atom. The Kier molecular flexibility index (Phi) is 5.18. The van der Waals surface area contributed by atoms with Crippen LogP contribution in [-0.2, 0) is 4.79 Å². The molecule has 0 aromatic heterocycles. The van der Waals surface area contributed by atoms with Crippen molar-refractivity contribution in [2.24, 2.45) is 5.73 Å². The second-order valence-corrected chi connectivity index (χ2v) is 6.49. The highest BCUT2D eigenvalue weighted by atomic mass is 79.9. The molecule has 2 atom stereocenters. The molecule has 1 fully saturated rings. The summed E-state index contributed by atoms with van der Waals surface area (Å²) in [5.41, 5.74) is 7.92. The zero-order valence-corrected chi connectivity index (χ0v) is 13.6. The number of anilines is 1. The van der Waals surface area contributed by atoms with Crippen molar-refractivity contribution < 1.29 is 4.79 Å². The number of hydrogen-bond donors (Lipinski definition) is 2. The third kappa shape index (κ3) is 4.04. The zero-order valence-electron chi connectivity index (χ0n) is 12.0. The molecule has 1 saturated heterocycles. The summed E-state index contributed by atoms with van der Waals surface area (Å²) in [6.45, 7) is 5.47. The second kappa shape index (κ2) is 6.70. The van der Waals surface area contributed by atoms with Crippen molar-refractivity contribution in [2.45, 2.75) is 38.8 Å². The Balaban J connectivity index is 1.92. The van der Waals surface area contributed by atoms with Gasteiger partial charge in [-0.25, -0.2) is 0 Å². The molecule has 20 heavy (non-hydrogen) atoms. The van der Waals surface area contributed by atoms with Crippen LogP contribution in [0.15, 0.2) is 22.7 Å². The lowest BCUT2D eigenvalue weighted by Crippen LogP contribution is -2.48. The van der Waals surface area contributed by atoms with Crippen LogP contribution in [0.1, 0.15) is 25.3 Å². The number of hydrogen-bond acceptors (Lipinski definition) is 3. The van der Waals surface area contributed by atoms with Gasteiger partial charge in [-0.3, -0.25) is 9.69 Å². The second-order valence-electron chi connectivity index (χ2n) is 5.64. The molecule has 2 rings (SSSR count). The van der Waals surface area contributed by atoms with E-state index in [0.717, 1.165) is 35.1 Å². The predicted octanol–water partition coefficient (Wildman–Crippen LogP) is 2.51. The Morgan fingerprint density at radius 1 is 1.55 bits per heavy atom. The lowest BCUT2D eigenvalue weighted by Gasteiger charge is -2.35. The molecule has 1 amide bonds. The van der Waals surface area contributed by atoms with Crippen molar-refractivity contribution in [1.29, 1.82) is 0 Å². The molecule has 1 aromatic rings. The van der Waals surface area contributed by atoms with Crippen LogP contribution in [0, 0.1) is 6.92 Å². The van der Waals surface area contributed by atoms with Crippen molar-refractivity contribution in [2.75, 3.05) is 18.4 Å². The third-order valence-corrected chi connectivity index (χ3v) is 4.46. The molecule has 110 valence electrons. The number of nitrogens with one attached hydrogen (secondary N) is 1. The van der Waals surface area contributed by atoms with E-state index in [-0.39, 0.29) is 11.9 Å². The number of likely N-dealkylation sites (tertiary alicyclic amines) is 1. The fraction of sp³-hybridized carbons (Fsp3) is 0.533. The normalized spacial score (nSPS) is 23.6. The monoisotopic (exact) mass is 339 g/mol. The van der Waals surface area contributed by atoms with E-state index in [1.54, 1.807) is 0 Å². The maximum Gasteiger partial charge on any atom is 0.238 e. The van der Waals surface area contributed by atoms with E-state index in [1.807, 2.05) is 25.1 Å². The predicted molar refractivity (Wildman–Crippen MR) is 85.8 cm³/mol. The molecule has 0 bridgehead atoms.